The molecule has 2 aromatic heterocycles. The van der Waals surface area contributed by atoms with Crippen LogP contribution >= 0.6 is 47.2 Å². The van der Waals surface area contributed by atoms with Crippen molar-refractivity contribution in [2.45, 2.75) is 40.0 Å². The van der Waals surface area contributed by atoms with E-state index in [-0.39, 0.29) is 30.1 Å². The molecule has 2 aromatic rings. The topological polar surface area (TPSA) is 89.5 Å². The predicted molar refractivity (Wildman–Crippen MR) is 117 cm³/mol. The molecule has 0 bridgehead atoms. The van der Waals surface area contributed by atoms with Gasteiger partial charge in [0.15, 0.2) is 11.8 Å². The van der Waals surface area contributed by atoms with Crippen molar-refractivity contribution in [1.29, 1.82) is 0 Å². The average molecular weight is 531 g/mol. The molecule has 2 N–H and O–H groups in total. The Balaban J connectivity index is 0.00000364. The van der Waals surface area contributed by atoms with E-state index in [0.29, 0.717) is 47.5 Å². The highest BCUT2D eigenvalue weighted by Crippen LogP contribution is 2.25. The molecular weight excluding hydrogens is 506 g/mol. The minimum absolute atomic E-state index is 0. The van der Waals surface area contributed by atoms with Crippen molar-refractivity contribution in [1.82, 2.24) is 25.3 Å². The molecule has 2 heterocycles. The fourth-order valence-corrected chi connectivity index (χ4v) is 2.65. The minimum atomic E-state index is -0.203. The van der Waals surface area contributed by atoms with Crippen LogP contribution in [0.4, 0.5) is 0 Å². The molecule has 0 amide bonds. The number of hydrogen-bond acceptors (Lipinski definition) is 5. The maximum Gasteiger partial charge on any atom is 0.246 e. The summed E-state index contributed by atoms with van der Waals surface area (Å²) in [4.78, 5) is 8.85. The number of aliphatic imine (C=N–C) groups is 1. The maximum atomic E-state index is 6.08. The summed E-state index contributed by atoms with van der Waals surface area (Å²) in [6.45, 7) is 7.88. The number of aromatic nitrogens is 3. The monoisotopic (exact) mass is 530 g/mol. The molecule has 27 heavy (non-hydrogen) atoms. The Kier molecular flexibility index (Phi) is 10.4. The molecule has 11 heteroatoms. The third kappa shape index (κ3) is 6.81. The van der Waals surface area contributed by atoms with Gasteiger partial charge in [0.05, 0.1) is 18.1 Å². The molecule has 0 spiro atoms. The molecule has 0 fully saturated rings. The van der Waals surface area contributed by atoms with Gasteiger partial charge < -0.3 is 24.5 Å². The summed E-state index contributed by atoms with van der Waals surface area (Å²) in [6, 6.07) is 1.80. The number of rotatable bonds is 8. The van der Waals surface area contributed by atoms with Crippen LogP contribution < -0.4 is 10.6 Å². The molecule has 0 aromatic carbocycles. The van der Waals surface area contributed by atoms with Crippen LogP contribution in [0, 0.1) is 0 Å². The fourth-order valence-electron chi connectivity index (χ4n) is 2.23. The van der Waals surface area contributed by atoms with Gasteiger partial charge >= 0.3 is 0 Å². The van der Waals surface area contributed by atoms with Gasteiger partial charge in [0.25, 0.3) is 0 Å². The Morgan fingerprint density at radius 2 is 2.11 bits per heavy atom. The molecule has 2 rings (SSSR count). The molecule has 8 nitrogen and oxygen atoms in total. The second-order valence-corrected chi connectivity index (χ2v) is 6.29. The smallest absolute Gasteiger partial charge is 0.246 e. The van der Waals surface area contributed by atoms with E-state index in [9.17, 15) is 0 Å². The third-order valence-electron chi connectivity index (χ3n) is 3.63. The van der Waals surface area contributed by atoms with Crippen molar-refractivity contribution in [3.05, 3.63) is 33.7 Å². The van der Waals surface area contributed by atoms with Crippen LogP contribution in [0.15, 0.2) is 15.6 Å². The molecule has 1 unspecified atom stereocenters. The van der Waals surface area contributed by atoms with Gasteiger partial charge in [-0.15, -0.1) is 24.0 Å². The molecule has 0 aliphatic carbocycles. The molecule has 152 valence electrons. The van der Waals surface area contributed by atoms with E-state index in [1.165, 1.54) is 0 Å². The Bertz CT molecular complexity index is 749. The van der Waals surface area contributed by atoms with Gasteiger partial charge in [-0.3, -0.25) is 0 Å². The maximum absolute atomic E-state index is 6.08. The van der Waals surface area contributed by atoms with Crippen molar-refractivity contribution >= 4 is 53.1 Å². The Morgan fingerprint density at radius 1 is 1.37 bits per heavy atom. The first kappa shape index (κ1) is 24.0. The molecule has 0 aliphatic rings. The van der Waals surface area contributed by atoms with E-state index in [1.54, 1.807) is 10.6 Å². The van der Waals surface area contributed by atoms with Crippen molar-refractivity contribution < 1.29 is 9.26 Å². The van der Waals surface area contributed by atoms with Crippen molar-refractivity contribution in [3.8, 4) is 0 Å². The number of guanidine groups is 1. The lowest BCUT2D eigenvalue weighted by atomic mass is 10.4. The molecule has 0 aliphatic heterocycles. The lowest BCUT2D eigenvalue weighted by Crippen LogP contribution is -2.36. The van der Waals surface area contributed by atoms with Gasteiger partial charge in [-0.25, -0.2) is 4.99 Å². The number of ether oxygens (including phenoxy) is 1. The zero-order chi connectivity index (χ0) is 19.1. The second-order valence-electron chi connectivity index (χ2n) is 5.53. The van der Waals surface area contributed by atoms with E-state index >= 15 is 0 Å². The van der Waals surface area contributed by atoms with Gasteiger partial charge in [0.1, 0.15) is 11.3 Å². The third-order valence-corrected chi connectivity index (χ3v) is 4.47. The first-order valence-corrected chi connectivity index (χ1v) is 9.17. The Labute approximate surface area is 186 Å². The van der Waals surface area contributed by atoms with Crippen LogP contribution in [0.25, 0.3) is 0 Å². The Hall–Kier alpha value is -1.04. The lowest BCUT2D eigenvalue weighted by molar-refractivity contribution is 0.0683. The van der Waals surface area contributed by atoms with E-state index in [0.717, 1.165) is 12.2 Å². The Morgan fingerprint density at radius 3 is 2.70 bits per heavy atom. The van der Waals surface area contributed by atoms with Gasteiger partial charge in [-0.2, -0.15) is 4.98 Å². The number of nitrogens with one attached hydrogen (secondary N) is 2. The number of halogens is 3. The number of hydrogen-bond donors (Lipinski definition) is 2. The highest BCUT2D eigenvalue weighted by molar-refractivity contribution is 14.0. The first-order chi connectivity index (χ1) is 12.5. The van der Waals surface area contributed by atoms with Crippen molar-refractivity contribution in [3.63, 3.8) is 0 Å². The summed E-state index contributed by atoms with van der Waals surface area (Å²) >= 11 is 12.1. The minimum Gasteiger partial charge on any atom is -0.371 e. The van der Waals surface area contributed by atoms with Crippen LogP contribution in [0.5, 0.6) is 0 Å². The van der Waals surface area contributed by atoms with Crippen molar-refractivity contribution in [2.24, 2.45) is 12.0 Å². The molecule has 0 saturated heterocycles. The quantitative estimate of drug-likeness (QED) is 0.307. The van der Waals surface area contributed by atoms with Crippen LogP contribution in [-0.2, 0) is 24.9 Å². The van der Waals surface area contributed by atoms with Gasteiger partial charge in [-0.05, 0) is 26.8 Å². The number of nitrogens with zero attached hydrogens (tertiary/aromatic N) is 4. The molecule has 0 saturated carbocycles. The largest absolute Gasteiger partial charge is 0.371 e. The van der Waals surface area contributed by atoms with Crippen molar-refractivity contribution in [2.75, 3.05) is 13.2 Å². The zero-order valence-electron chi connectivity index (χ0n) is 15.8. The van der Waals surface area contributed by atoms with E-state index in [4.69, 9.17) is 32.5 Å². The average Bonchev–Trinajstić information content (AvgIpc) is 3.19. The van der Waals surface area contributed by atoms with Crippen LogP contribution in [-0.4, -0.2) is 33.8 Å². The molecule has 0 radical (unpaired) electrons. The summed E-state index contributed by atoms with van der Waals surface area (Å²) in [5.74, 6) is 1.61. The van der Waals surface area contributed by atoms with Crippen LogP contribution in [0.2, 0.25) is 10.2 Å². The normalized spacial score (nSPS) is 12.6. The molecule has 1 atom stereocenters. The van der Waals surface area contributed by atoms with E-state index < -0.39 is 0 Å². The van der Waals surface area contributed by atoms with E-state index in [2.05, 4.69) is 25.8 Å². The standard InChI is InChI=1S/C16H24Cl2N6O2.HI/c1-5-19-16(20-8-11-7-12(17)14(18)24(11)4)21-9-13-22-15(23-26-13)10(3)25-6-2;/h7,10H,5-6,8-9H2,1-4H3,(H2,19,20,21);1H. The van der Waals surface area contributed by atoms with Crippen LogP contribution in [0.3, 0.4) is 0 Å². The summed E-state index contributed by atoms with van der Waals surface area (Å²) in [5.41, 5.74) is 0.905. The van der Waals surface area contributed by atoms with Gasteiger partial charge in [-0.1, -0.05) is 28.4 Å². The predicted octanol–water partition coefficient (Wildman–Crippen LogP) is 3.69. The SMILES string of the molecule is CCNC(=NCc1cc(Cl)c(Cl)n1C)NCc1nc(C(C)OCC)no1.I. The fraction of sp³-hybridized carbons (Fsp3) is 0.562. The summed E-state index contributed by atoms with van der Waals surface area (Å²) < 4.78 is 12.5. The summed E-state index contributed by atoms with van der Waals surface area (Å²) in [5, 5.41) is 11.3. The van der Waals surface area contributed by atoms with Gasteiger partial charge in [0.2, 0.25) is 5.89 Å². The first-order valence-electron chi connectivity index (χ1n) is 8.42. The highest BCUT2D eigenvalue weighted by Gasteiger charge is 2.14. The van der Waals surface area contributed by atoms with E-state index in [1.807, 2.05) is 27.8 Å². The van der Waals surface area contributed by atoms with Crippen LogP contribution in [0.1, 0.15) is 44.3 Å². The second kappa shape index (κ2) is 11.7. The highest BCUT2D eigenvalue weighted by atomic mass is 127. The van der Waals surface area contributed by atoms with Gasteiger partial charge in [0, 0.05) is 25.9 Å². The molecular formula is C16H25Cl2IN6O2. The lowest BCUT2D eigenvalue weighted by Gasteiger charge is -2.10. The summed E-state index contributed by atoms with van der Waals surface area (Å²) in [7, 11) is 1.85. The summed E-state index contributed by atoms with van der Waals surface area (Å²) in [6.07, 6.45) is -0.203. The zero-order valence-corrected chi connectivity index (χ0v) is 19.6.